The summed E-state index contributed by atoms with van der Waals surface area (Å²) in [5, 5.41) is 4.20. The summed E-state index contributed by atoms with van der Waals surface area (Å²) in [6, 6.07) is 14.1. The first-order valence-electron chi connectivity index (χ1n) is 11.3. The highest BCUT2D eigenvalue weighted by molar-refractivity contribution is 5.92. The second kappa shape index (κ2) is 9.96. The van der Waals surface area contributed by atoms with Crippen LogP contribution in [0, 0.1) is 6.92 Å². The number of nitrogens with zero attached hydrogens (tertiary/aromatic N) is 5. The van der Waals surface area contributed by atoms with Crippen LogP contribution in [-0.4, -0.2) is 69.3 Å². The van der Waals surface area contributed by atoms with Crippen LogP contribution >= 0.6 is 0 Å². The minimum absolute atomic E-state index is 0.00356. The van der Waals surface area contributed by atoms with Gasteiger partial charge in [0.15, 0.2) is 0 Å². The average molecular weight is 478 g/mol. The van der Waals surface area contributed by atoms with E-state index in [4.69, 9.17) is 4.74 Å². The van der Waals surface area contributed by atoms with E-state index in [2.05, 4.69) is 5.10 Å². The van der Waals surface area contributed by atoms with E-state index in [9.17, 15) is 19.2 Å². The second-order valence-corrected chi connectivity index (χ2v) is 8.42. The molecule has 0 spiro atoms. The minimum Gasteiger partial charge on any atom is -0.497 e. The molecule has 35 heavy (non-hydrogen) atoms. The fourth-order valence-electron chi connectivity index (χ4n) is 4.05. The maximum Gasteiger partial charge on any atom is 0.352 e. The van der Waals surface area contributed by atoms with Gasteiger partial charge in [0, 0.05) is 33.1 Å². The van der Waals surface area contributed by atoms with Gasteiger partial charge in [0.2, 0.25) is 11.6 Å². The number of methoxy groups -OCH3 is 1. The molecule has 0 aliphatic carbocycles. The molecule has 0 saturated carbocycles. The van der Waals surface area contributed by atoms with Gasteiger partial charge in [0.25, 0.3) is 11.5 Å². The van der Waals surface area contributed by atoms with Gasteiger partial charge in [-0.2, -0.15) is 9.78 Å². The summed E-state index contributed by atoms with van der Waals surface area (Å²) >= 11 is 0. The Hall–Kier alpha value is -4.21. The van der Waals surface area contributed by atoms with Crippen LogP contribution in [0.4, 0.5) is 0 Å². The van der Waals surface area contributed by atoms with Crippen molar-refractivity contribution in [2.45, 2.75) is 20.4 Å². The van der Waals surface area contributed by atoms with E-state index in [0.29, 0.717) is 24.5 Å². The first-order valence-corrected chi connectivity index (χ1v) is 11.3. The van der Waals surface area contributed by atoms with Crippen molar-refractivity contribution in [2.75, 3.05) is 33.3 Å². The number of rotatable bonds is 5. The van der Waals surface area contributed by atoms with Crippen molar-refractivity contribution in [1.82, 2.24) is 24.1 Å². The Kier molecular flexibility index (Phi) is 6.81. The van der Waals surface area contributed by atoms with Gasteiger partial charge in [-0.1, -0.05) is 29.8 Å². The lowest BCUT2D eigenvalue weighted by molar-refractivity contribution is -0.130. The van der Waals surface area contributed by atoms with E-state index in [1.807, 2.05) is 31.2 Å². The molecule has 0 bridgehead atoms. The molecule has 1 aliphatic rings. The van der Waals surface area contributed by atoms with Crippen molar-refractivity contribution in [3.63, 3.8) is 0 Å². The molecule has 1 saturated heterocycles. The van der Waals surface area contributed by atoms with Crippen LogP contribution in [0.25, 0.3) is 5.69 Å². The topological polar surface area (TPSA) is 107 Å². The Bertz CT molecular complexity index is 1370. The molecule has 182 valence electrons. The highest BCUT2D eigenvalue weighted by Crippen LogP contribution is 2.13. The smallest absolute Gasteiger partial charge is 0.352 e. The zero-order valence-corrected chi connectivity index (χ0v) is 19.9. The number of benzene rings is 2. The third-order valence-corrected chi connectivity index (χ3v) is 6.01. The fourth-order valence-corrected chi connectivity index (χ4v) is 4.05. The quantitative estimate of drug-likeness (QED) is 0.544. The monoisotopic (exact) mass is 477 g/mol. The fraction of sp³-hybridized carbons (Fsp3) is 0.320. The predicted molar refractivity (Wildman–Crippen MR) is 129 cm³/mol. The molecule has 10 nitrogen and oxygen atoms in total. The molecule has 2 amide bonds. The SMILES string of the molecule is COc1ccc(-n2nc(C(=O)N3CCN(C(C)=O)CC3)c(=O)n(Cc3cccc(C)c3)c2=O)cc1. The summed E-state index contributed by atoms with van der Waals surface area (Å²) < 4.78 is 7.28. The normalized spacial score (nSPS) is 13.6. The largest absolute Gasteiger partial charge is 0.497 e. The van der Waals surface area contributed by atoms with Gasteiger partial charge in [-0.25, -0.2) is 4.79 Å². The predicted octanol–water partition coefficient (Wildman–Crippen LogP) is 1.06. The van der Waals surface area contributed by atoms with Crippen LogP contribution in [0.15, 0.2) is 58.1 Å². The first kappa shape index (κ1) is 23.9. The summed E-state index contributed by atoms with van der Waals surface area (Å²) in [6.07, 6.45) is 0. The van der Waals surface area contributed by atoms with E-state index >= 15 is 0 Å². The van der Waals surface area contributed by atoms with E-state index in [-0.39, 0.29) is 31.2 Å². The first-order chi connectivity index (χ1) is 16.8. The van der Waals surface area contributed by atoms with Crippen molar-refractivity contribution < 1.29 is 14.3 Å². The summed E-state index contributed by atoms with van der Waals surface area (Å²) in [5.74, 6) is -0.0447. The van der Waals surface area contributed by atoms with Crippen LogP contribution in [0.5, 0.6) is 5.75 Å². The second-order valence-electron chi connectivity index (χ2n) is 8.42. The molecule has 1 aromatic heterocycles. The molecule has 2 aromatic carbocycles. The lowest BCUT2D eigenvalue weighted by Gasteiger charge is -2.33. The molecule has 2 heterocycles. The number of piperazine rings is 1. The van der Waals surface area contributed by atoms with Crippen LogP contribution in [-0.2, 0) is 11.3 Å². The van der Waals surface area contributed by atoms with Gasteiger partial charge in [0.05, 0.1) is 19.3 Å². The summed E-state index contributed by atoms with van der Waals surface area (Å²) in [7, 11) is 1.53. The third kappa shape index (κ3) is 5.01. The van der Waals surface area contributed by atoms with Crippen molar-refractivity contribution in [3.8, 4) is 11.4 Å². The summed E-state index contributed by atoms with van der Waals surface area (Å²) in [4.78, 5) is 54.9. The molecule has 1 fully saturated rings. The Morgan fingerprint density at radius 1 is 0.971 bits per heavy atom. The van der Waals surface area contributed by atoms with Gasteiger partial charge >= 0.3 is 5.69 Å². The van der Waals surface area contributed by atoms with Crippen LogP contribution in [0.3, 0.4) is 0 Å². The summed E-state index contributed by atoms with van der Waals surface area (Å²) in [5.41, 5.74) is 0.387. The molecular weight excluding hydrogens is 450 g/mol. The Labute approximate surface area is 202 Å². The van der Waals surface area contributed by atoms with Gasteiger partial charge in [-0.05, 0) is 36.8 Å². The number of ether oxygens (including phenoxy) is 1. The molecule has 0 radical (unpaired) electrons. The van der Waals surface area contributed by atoms with Crippen LogP contribution in [0.1, 0.15) is 28.5 Å². The van der Waals surface area contributed by atoms with E-state index < -0.39 is 17.2 Å². The number of aryl methyl sites for hydroxylation is 1. The Morgan fingerprint density at radius 3 is 2.23 bits per heavy atom. The molecule has 0 unspecified atom stereocenters. The maximum absolute atomic E-state index is 13.4. The maximum atomic E-state index is 13.4. The van der Waals surface area contributed by atoms with Crippen molar-refractivity contribution in [3.05, 3.63) is 86.2 Å². The Morgan fingerprint density at radius 2 is 1.63 bits per heavy atom. The molecular formula is C25H27N5O5. The average Bonchev–Trinajstić information content (AvgIpc) is 2.86. The van der Waals surface area contributed by atoms with Gasteiger partial charge in [0.1, 0.15) is 5.75 Å². The molecule has 0 N–H and O–H groups in total. The minimum atomic E-state index is -0.750. The highest BCUT2D eigenvalue weighted by Gasteiger charge is 2.28. The number of hydrogen-bond donors (Lipinski definition) is 0. The third-order valence-electron chi connectivity index (χ3n) is 6.01. The molecule has 1 aliphatic heterocycles. The number of carbonyl (C=O) groups excluding carboxylic acids is 2. The summed E-state index contributed by atoms with van der Waals surface area (Å²) in [6.45, 7) is 4.69. The zero-order valence-electron chi connectivity index (χ0n) is 19.9. The number of hydrogen-bond acceptors (Lipinski definition) is 6. The highest BCUT2D eigenvalue weighted by atomic mass is 16.5. The molecule has 10 heteroatoms. The Balaban J connectivity index is 1.79. The number of carbonyl (C=O) groups is 2. The number of amides is 2. The van der Waals surface area contributed by atoms with Crippen molar-refractivity contribution in [2.24, 2.45) is 0 Å². The van der Waals surface area contributed by atoms with Crippen molar-refractivity contribution >= 4 is 11.8 Å². The lowest BCUT2D eigenvalue weighted by Crippen LogP contribution is -2.52. The van der Waals surface area contributed by atoms with Crippen LogP contribution < -0.4 is 16.0 Å². The zero-order chi connectivity index (χ0) is 25.1. The van der Waals surface area contributed by atoms with Crippen molar-refractivity contribution in [1.29, 1.82) is 0 Å². The van der Waals surface area contributed by atoms with Gasteiger partial charge < -0.3 is 14.5 Å². The van der Waals surface area contributed by atoms with E-state index in [1.165, 1.54) is 18.9 Å². The molecule has 3 aromatic rings. The molecule has 4 rings (SSSR count). The molecule has 0 atom stereocenters. The lowest BCUT2D eigenvalue weighted by atomic mass is 10.1. The van der Waals surface area contributed by atoms with Crippen LogP contribution in [0.2, 0.25) is 0 Å². The van der Waals surface area contributed by atoms with Gasteiger partial charge in [-0.15, -0.1) is 0 Å². The number of aromatic nitrogens is 3. The van der Waals surface area contributed by atoms with Gasteiger partial charge in [-0.3, -0.25) is 19.0 Å². The van der Waals surface area contributed by atoms with E-state index in [0.717, 1.165) is 20.4 Å². The van der Waals surface area contributed by atoms with E-state index in [1.54, 1.807) is 29.2 Å². The standard InChI is InChI=1S/C25H27N5O5/c1-17-5-4-6-19(15-17)16-29-24(33)22(23(32)28-13-11-27(12-14-28)18(2)31)26-30(25(29)34)20-7-9-21(35-3)10-8-20/h4-10,15H,11-14,16H2,1-3H3.